The van der Waals surface area contributed by atoms with E-state index in [0.29, 0.717) is 13.0 Å². The highest BCUT2D eigenvalue weighted by Crippen LogP contribution is 2.26. The molecule has 2 aliphatic heterocycles. The van der Waals surface area contributed by atoms with Crippen molar-refractivity contribution in [2.45, 2.75) is 24.7 Å². The van der Waals surface area contributed by atoms with Crippen LogP contribution in [0.3, 0.4) is 0 Å². The lowest BCUT2D eigenvalue weighted by Gasteiger charge is -2.01. The van der Waals surface area contributed by atoms with E-state index in [0.717, 1.165) is 0 Å². The van der Waals surface area contributed by atoms with Crippen LogP contribution in [0, 0.1) is 0 Å². The summed E-state index contributed by atoms with van der Waals surface area (Å²) < 4.78 is 9.68. The first-order chi connectivity index (χ1) is 4.77. The summed E-state index contributed by atoms with van der Waals surface area (Å²) >= 11 is 0. The molecular formula is C6H8O4. The van der Waals surface area contributed by atoms with Gasteiger partial charge in [0, 0.05) is 6.42 Å². The van der Waals surface area contributed by atoms with Crippen molar-refractivity contribution in [3.8, 4) is 0 Å². The number of hydrogen-bond acceptors (Lipinski definition) is 4. The van der Waals surface area contributed by atoms with Gasteiger partial charge in [-0.2, -0.15) is 0 Å². The molecule has 1 N–H and O–H groups in total. The lowest BCUT2D eigenvalue weighted by molar-refractivity contribution is -0.147. The van der Waals surface area contributed by atoms with Crippen LogP contribution in [0.2, 0.25) is 0 Å². The Bertz CT molecular complexity index is 163. The fourth-order valence-corrected chi connectivity index (χ4v) is 1.09. The summed E-state index contributed by atoms with van der Waals surface area (Å²) in [6.07, 6.45) is -0.665. The van der Waals surface area contributed by atoms with Crippen LogP contribution in [-0.2, 0) is 14.3 Å². The average molecular weight is 144 g/mol. The predicted octanol–water partition coefficient (Wildman–Crippen LogP) is -0.938. The van der Waals surface area contributed by atoms with E-state index in [1.165, 1.54) is 0 Å². The Balaban J connectivity index is 1.97. The Hall–Kier alpha value is -0.610. The van der Waals surface area contributed by atoms with E-state index in [1.54, 1.807) is 0 Å². The number of aliphatic hydroxyl groups is 1. The molecule has 0 saturated carbocycles. The highest BCUT2D eigenvalue weighted by molar-refractivity contribution is 5.76. The molecule has 2 saturated heterocycles. The van der Waals surface area contributed by atoms with Crippen LogP contribution in [0.5, 0.6) is 0 Å². The predicted molar refractivity (Wildman–Crippen MR) is 30.2 cm³/mol. The summed E-state index contributed by atoms with van der Waals surface area (Å²) in [7, 11) is 0. The minimum absolute atomic E-state index is 0.0566. The standard InChI is InChI=1S/C6H8O4/c7-3-1-4(5-2-9-5)10-6(3)8/h3-5,7H,1-2H2/t3-,4-,5?/m0/s1. The molecule has 0 radical (unpaired) electrons. The van der Waals surface area contributed by atoms with Crippen molar-refractivity contribution in [1.82, 2.24) is 0 Å². The van der Waals surface area contributed by atoms with Gasteiger partial charge in [-0.15, -0.1) is 0 Å². The molecule has 1 unspecified atom stereocenters. The van der Waals surface area contributed by atoms with Crippen molar-refractivity contribution >= 4 is 5.97 Å². The molecule has 2 aliphatic rings. The third kappa shape index (κ3) is 0.892. The van der Waals surface area contributed by atoms with E-state index >= 15 is 0 Å². The Morgan fingerprint density at radius 1 is 1.50 bits per heavy atom. The van der Waals surface area contributed by atoms with Crippen LogP contribution in [0.4, 0.5) is 0 Å². The summed E-state index contributed by atoms with van der Waals surface area (Å²) in [5, 5.41) is 8.91. The van der Waals surface area contributed by atoms with Gasteiger partial charge < -0.3 is 14.6 Å². The monoisotopic (exact) mass is 144 g/mol. The maximum absolute atomic E-state index is 10.6. The fraction of sp³-hybridized carbons (Fsp3) is 0.833. The first-order valence-electron chi connectivity index (χ1n) is 3.27. The molecule has 0 aliphatic carbocycles. The quantitative estimate of drug-likeness (QED) is 0.381. The second-order valence-corrected chi connectivity index (χ2v) is 2.60. The third-order valence-corrected chi connectivity index (χ3v) is 1.77. The SMILES string of the molecule is O=C1O[C@H](C2CO2)C[C@@H]1O. The van der Waals surface area contributed by atoms with Gasteiger partial charge in [0.05, 0.1) is 6.61 Å². The van der Waals surface area contributed by atoms with Gasteiger partial charge in [0.15, 0.2) is 6.10 Å². The summed E-state index contributed by atoms with van der Waals surface area (Å²) in [6, 6.07) is 0. The maximum Gasteiger partial charge on any atom is 0.335 e. The zero-order valence-electron chi connectivity index (χ0n) is 5.32. The third-order valence-electron chi connectivity index (χ3n) is 1.77. The van der Waals surface area contributed by atoms with Gasteiger partial charge in [-0.1, -0.05) is 0 Å². The topological polar surface area (TPSA) is 59.1 Å². The van der Waals surface area contributed by atoms with Crippen LogP contribution in [0.15, 0.2) is 0 Å². The van der Waals surface area contributed by atoms with E-state index in [4.69, 9.17) is 14.6 Å². The van der Waals surface area contributed by atoms with Crippen molar-refractivity contribution in [3.63, 3.8) is 0 Å². The van der Waals surface area contributed by atoms with Crippen molar-refractivity contribution in [3.05, 3.63) is 0 Å². The number of carbonyl (C=O) groups excluding carboxylic acids is 1. The number of epoxide rings is 1. The summed E-state index contributed by atoms with van der Waals surface area (Å²) in [5.74, 6) is -0.513. The highest BCUT2D eigenvalue weighted by Gasteiger charge is 2.43. The van der Waals surface area contributed by atoms with E-state index in [-0.39, 0.29) is 12.2 Å². The van der Waals surface area contributed by atoms with Gasteiger partial charge in [-0.3, -0.25) is 0 Å². The molecule has 56 valence electrons. The number of esters is 1. The van der Waals surface area contributed by atoms with Crippen molar-refractivity contribution < 1.29 is 19.4 Å². The average Bonchev–Trinajstić information content (AvgIpc) is 2.64. The van der Waals surface area contributed by atoms with E-state index in [1.807, 2.05) is 0 Å². The Morgan fingerprint density at radius 2 is 2.20 bits per heavy atom. The van der Waals surface area contributed by atoms with Crippen molar-refractivity contribution in [2.75, 3.05) is 6.61 Å². The largest absolute Gasteiger partial charge is 0.457 e. The van der Waals surface area contributed by atoms with E-state index < -0.39 is 12.1 Å². The van der Waals surface area contributed by atoms with Gasteiger partial charge >= 0.3 is 5.97 Å². The van der Waals surface area contributed by atoms with Gasteiger partial charge in [-0.05, 0) is 0 Å². The molecule has 0 amide bonds. The number of carbonyl (C=O) groups is 1. The Labute approximate surface area is 57.7 Å². The molecule has 0 bridgehead atoms. The van der Waals surface area contributed by atoms with Crippen LogP contribution in [-0.4, -0.2) is 36.0 Å². The molecule has 2 rings (SSSR count). The number of aliphatic hydroxyl groups excluding tert-OH is 1. The van der Waals surface area contributed by atoms with Crippen LogP contribution < -0.4 is 0 Å². The molecule has 4 heteroatoms. The molecule has 0 spiro atoms. The summed E-state index contributed by atoms with van der Waals surface area (Å²) in [6.45, 7) is 0.657. The van der Waals surface area contributed by atoms with Gasteiger partial charge in [0.1, 0.15) is 12.2 Å². The molecular weight excluding hydrogens is 136 g/mol. The number of rotatable bonds is 1. The normalized spacial score (nSPS) is 45.3. The highest BCUT2D eigenvalue weighted by atomic mass is 16.6. The lowest BCUT2D eigenvalue weighted by Crippen LogP contribution is -2.13. The number of ether oxygens (including phenoxy) is 2. The van der Waals surface area contributed by atoms with Gasteiger partial charge in [0.2, 0.25) is 0 Å². The molecule has 4 nitrogen and oxygen atoms in total. The maximum atomic E-state index is 10.6. The van der Waals surface area contributed by atoms with Crippen molar-refractivity contribution in [2.24, 2.45) is 0 Å². The lowest BCUT2D eigenvalue weighted by atomic mass is 10.2. The minimum Gasteiger partial charge on any atom is -0.457 e. The molecule has 0 aromatic heterocycles. The van der Waals surface area contributed by atoms with E-state index in [9.17, 15) is 4.79 Å². The number of hydrogen-bond donors (Lipinski definition) is 1. The summed E-state index contributed by atoms with van der Waals surface area (Å²) in [4.78, 5) is 10.6. The zero-order valence-corrected chi connectivity index (χ0v) is 5.32. The fourth-order valence-electron chi connectivity index (χ4n) is 1.09. The first kappa shape index (κ1) is 6.12. The molecule has 3 atom stereocenters. The Morgan fingerprint density at radius 3 is 2.60 bits per heavy atom. The van der Waals surface area contributed by atoms with Gasteiger partial charge in [0.25, 0.3) is 0 Å². The molecule has 2 heterocycles. The number of cyclic esters (lactones) is 1. The van der Waals surface area contributed by atoms with E-state index in [2.05, 4.69) is 0 Å². The van der Waals surface area contributed by atoms with Crippen LogP contribution in [0.1, 0.15) is 6.42 Å². The van der Waals surface area contributed by atoms with Crippen molar-refractivity contribution in [1.29, 1.82) is 0 Å². The zero-order chi connectivity index (χ0) is 7.14. The summed E-state index contributed by atoms with van der Waals surface area (Å²) in [5.41, 5.74) is 0. The van der Waals surface area contributed by atoms with Crippen LogP contribution in [0.25, 0.3) is 0 Å². The van der Waals surface area contributed by atoms with Crippen LogP contribution >= 0.6 is 0 Å². The minimum atomic E-state index is -0.922. The molecule has 0 aromatic carbocycles. The molecule has 10 heavy (non-hydrogen) atoms. The smallest absolute Gasteiger partial charge is 0.335 e. The Kier molecular flexibility index (Phi) is 1.18. The van der Waals surface area contributed by atoms with Gasteiger partial charge in [-0.25, -0.2) is 4.79 Å². The molecule has 0 aromatic rings. The second-order valence-electron chi connectivity index (χ2n) is 2.60. The molecule has 2 fully saturated rings. The first-order valence-corrected chi connectivity index (χ1v) is 3.27. The second kappa shape index (κ2) is 1.93.